The lowest BCUT2D eigenvalue weighted by atomic mass is 10.0. The van der Waals surface area contributed by atoms with E-state index in [4.69, 9.17) is 9.15 Å². The average Bonchev–Trinajstić information content (AvgIpc) is 3.22. The van der Waals surface area contributed by atoms with Crippen molar-refractivity contribution in [2.45, 2.75) is 18.3 Å². The van der Waals surface area contributed by atoms with E-state index in [0.717, 1.165) is 6.26 Å². The fourth-order valence-electron chi connectivity index (χ4n) is 2.45. The second-order valence-corrected chi connectivity index (χ2v) is 5.36. The third kappa shape index (κ3) is 2.86. The molecule has 0 fully saturated rings. The number of carbonyl (C=O) groups is 1. The van der Waals surface area contributed by atoms with Crippen LogP contribution in [0.2, 0.25) is 0 Å². The molecule has 2 heterocycles. The molecule has 3 rings (SSSR count). The molecule has 2 aromatic rings. The van der Waals surface area contributed by atoms with Gasteiger partial charge in [0.1, 0.15) is 5.75 Å². The van der Waals surface area contributed by atoms with Gasteiger partial charge in [-0.2, -0.15) is 23.3 Å². The van der Waals surface area contributed by atoms with E-state index in [2.05, 4.69) is 5.10 Å². The van der Waals surface area contributed by atoms with Gasteiger partial charge in [0.15, 0.2) is 5.76 Å². The van der Waals surface area contributed by atoms with Crippen molar-refractivity contribution in [2.75, 3.05) is 7.11 Å². The zero-order valence-corrected chi connectivity index (χ0v) is 12.9. The Morgan fingerprint density at radius 2 is 2.12 bits per heavy atom. The van der Waals surface area contributed by atoms with Crippen LogP contribution in [0.5, 0.6) is 5.75 Å². The molecular formula is C16H13F3N2O4. The molecule has 1 aliphatic heterocycles. The van der Waals surface area contributed by atoms with Gasteiger partial charge in [0.05, 0.1) is 25.5 Å². The summed E-state index contributed by atoms with van der Waals surface area (Å²) < 4.78 is 50.2. The molecule has 132 valence electrons. The van der Waals surface area contributed by atoms with Crippen molar-refractivity contribution in [3.63, 3.8) is 0 Å². The van der Waals surface area contributed by atoms with E-state index in [0.29, 0.717) is 11.3 Å². The average molecular weight is 354 g/mol. The van der Waals surface area contributed by atoms with Crippen LogP contribution in [-0.4, -0.2) is 40.7 Å². The number of benzene rings is 1. The maximum absolute atomic E-state index is 13.5. The van der Waals surface area contributed by atoms with Gasteiger partial charge in [0.25, 0.3) is 5.72 Å². The van der Waals surface area contributed by atoms with Crippen molar-refractivity contribution < 1.29 is 32.2 Å². The number of hydrogen-bond acceptors (Lipinski definition) is 5. The van der Waals surface area contributed by atoms with Crippen molar-refractivity contribution in [3.05, 3.63) is 54.0 Å². The Bertz CT molecular complexity index is 817. The molecular weight excluding hydrogens is 341 g/mol. The van der Waals surface area contributed by atoms with Gasteiger partial charge >= 0.3 is 12.1 Å². The highest BCUT2D eigenvalue weighted by Gasteiger charge is 2.63. The quantitative estimate of drug-likeness (QED) is 0.920. The highest BCUT2D eigenvalue weighted by Crippen LogP contribution is 2.42. The van der Waals surface area contributed by atoms with E-state index in [1.54, 1.807) is 12.1 Å². The Labute approximate surface area is 140 Å². The summed E-state index contributed by atoms with van der Waals surface area (Å²) in [4.78, 5) is 12.3. The summed E-state index contributed by atoms with van der Waals surface area (Å²) in [6, 6.07) is 8.71. The van der Waals surface area contributed by atoms with Crippen LogP contribution in [0.1, 0.15) is 22.5 Å². The zero-order chi connectivity index (χ0) is 18.2. The van der Waals surface area contributed by atoms with E-state index < -0.39 is 24.2 Å². The van der Waals surface area contributed by atoms with Gasteiger partial charge < -0.3 is 14.3 Å². The predicted octanol–water partition coefficient (Wildman–Crippen LogP) is 2.79. The molecule has 0 spiro atoms. The van der Waals surface area contributed by atoms with E-state index in [-0.39, 0.29) is 16.5 Å². The van der Waals surface area contributed by atoms with E-state index in [1.165, 1.54) is 31.4 Å². The SMILES string of the molecule is COc1cccc(C2=NN(C(=O)c3ccco3)[C@](O)(C(F)(F)F)C2)c1. The summed E-state index contributed by atoms with van der Waals surface area (Å²) in [6.45, 7) is 0. The Morgan fingerprint density at radius 1 is 1.36 bits per heavy atom. The molecule has 0 unspecified atom stereocenters. The Kier molecular flexibility index (Phi) is 4.03. The Balaban J connectivity index is 2.04. The first-order valence-electron chi connectivity index (χ1n) is 7.15. The van der Waals surface area contributed by atoms with Crippen LogP contribution in [0.3, 0.4) is 0 Å². The molecule has 1 aromatic carbocycles. The van der Waals surface area contributed by atoms with Gasteiger partial charge in [-0.3, -0.25) is 4.79 Å². The first kappa shape index (κ1) is 17.0. The largest absolute Gasteiger partial charge is 0.497 e. The lowest BCUT2D eigenvalue weighted by Crippen LogP contribution is -2.56. The summed E-state index contributed by atoms with van der Waals surface area (Å²) in [5, 5.41) is 13.9. The molecule has 0 saturated heterocycles. The van der Waals surface area contributed by atoms with Crippen molar-refractivity contribution in [1.29, 1.82) is 0 Å². The minimum Gasteiger partial charge on any atom is -0.497 e. The maximum atomic E-state index is 13.5. The molecule has 1 atom stereocenters. The molecule has 1 N–H and O–H groups in total. The van der Waals surface area contributed by atoms with Gasteiger partial charge in [-0.15, -0.1) is 0 Å². The van der Waals surface area contributed by atoms with Crippen LogP contribution < -0.4 is 4.74 Å². The highest BCUT2D eigenvalue weighted by atomic mass is 19.4. The zero-order valence-electron chi connectivity index (χ0n) is 12.9. The van der Waals surface area contributed by atoms with Crippen LogP contribution in [0, 0.1) is 0 Å². The van der Waals surface area contributed by atoms with Crippen LogP contribution in [0.25, 0.3) is 0 Å². The lowest BCUT2D eigenvalue weighted by molar-refractivity contribution is -0.297. The lowest BCUT2D eigenvalue weighted by Gasteiger charge is -2.31. The first-order chi connectivity index (χ1) is 11.8. The summed E-state index contributed by atoms with van der Waals surface area (Å²) in [5.74, 6) is -1.15. The minimum absolute atomic E-state index is 0.0145. The number of alkyl halides is 3. The number of aliphatic hydroxyl groups is 1. The highest BCUT2D eigenvalue weighted by molar-refractivity contribution is 6.05. The van der Waals surface area contributed by atoms with E-state index in [9.17, 15) is 23.1 Å². The molecule has 9 heteroatoms. The number of carbonyl (C=O) groups excluding carboxylic acids is 1. The second kappa shape index (κ2) is 5.92. The van der Waals surface area contributed by atoms with Crippen molar-refractivity contribution in [1.82, 2.24) is 5.01 Å². The molecule has 1 amide bonds. The molecule has 1 aromatic heterocycles. The standard InChI is InChI=1S/C16H13F3N2O4/c1-24-11-5-2-4-10(8-11)12-9-15(23,16(17,18)19)21(20-12)14(22)13-6-3-7-25-13/h2-8,23H,9H2,1H3/t15-/m1/s1. The topological polar surface area (TPSA) is 75.3 Å². The number of rotatable bonds is 3. The van der Waals surface area contributed by atoms with E-state index >= 15 is 0 Å². The number of ether oxygens (including phenoxy) is 1. The fraction of sp³-hybridized carbons (Fsp3) is 0.250. The van der Waals surface area contributed by atoms with Crippen LogP contribution >= 0.6 is 0 Å². The van der Waals surface area contributed by atoms with Crippen molar-refractivity contribution in [3.8, 4) is 5.75 Å². The van der Waals surface area contributed by atoms with Gasteiger partial charge in [0, 0.05) is 5.56 Å². The number of hydrazone groups is 1. The van der Waals surface area contributed by atoms with Gasteiger partial charge in [-0.1, -0.05) is 12.1 Å². The molecule has 0 radical (unpaired) electrons. The second-order valence-electron chi connectivity index (χ2n) is 5.36. The van der Waals surface area contributed by atoms with Gasteiger partial charge in [0.2, 0.25) is 0 Å². The van der Waals surface area contributed by atoms with Crippen molar-refractivity contribution in [2.24, 2.45) is 5.10 Å². The predicted molar refractivity (Wildman–Crippen MR) is 80.0 cm³/mol. The van der Waals surface area contributed by atoms with Gasteiger partial charge in [-0.25, -0.2) is 0 Å². The number of halogens is 3. The third-order valence-electron chi connectivity index (χ3n) is 3.77. The monoisotopic (exact) mass is 354 g/mol. The minimum atomic E-state index is -5.11. The van der Waals surface area contributed by atoms with Gasteiger partial charge in [-0.05, 0) is 24.3 Å². The van der Waals surface area contributed by atoms with Crippen molar-refractivity contribution >= 4 is 11.6 Å². The smallest absolute Gasteiger partial charge is 0.438 e. The molecule has 1 aliphatic rings. The van der Waals surface area contributed by atoms with Crippen LogP contribution in [-0.2, 0) is 0 Å². The number of hydrogen-bond donors (Lipinski definition) is 1. The number of amides is 1. The fourth-order valence-corrected chi connectivity index (χ4v) is 2.45. The third-order valence-corrected chi connectivity index (χ3v) is 3.77. The normalized spacial score (nSPS) is 20.5. The summed E-state index contributed by atoms with van der Waals surface area (Å²) in [6.07, 6.45) is -4.88. The molecule has 6 nitrogen and oxygen atoms in total. The summed E-state index contributed by atoms with van der Waals surface area (Å²) in [7, 11) is 1.41. The molecule has 0 aliphatic carbocycles. The maximum Gasteiger partial charge on any atom is 0.438 e. The number of methoxy groups -OCH3 is 1. The number of nitrogens with zero attached hydrogens (tertiary/aromatic N) is 2. The number of furan rings is 1. The molecule has 0 saturated carbocycles. The summed E-state index contributed by atoms with van der Waals surface area (Å²) >= 11 is 0. The molecule has 0 bridgehead atoms. The molecule has 25 heavy (non-hydrogen) atoms. The summed E-state index contributed by atoms with van der Waals surface area (Å²) in [5.41, 5.74) is -3.26. The van der Waals surface area contributed by atoms with E-state index in [1.807, 2.05) is 0 Å². The van der Waals surface area contributed by atoms with Crippen LogP contribution in [0.15, 0.2) is 52.2 Å². The Morgan fingerprint density at radius 3 is 2.72 bits per heavy atom. The Hall–Kier alpha value is -2.81. The van der Waals surface area contributed by atoms with Crippen LogP contribution in [0.4, 0.5) is 13.2 Å². The first-order valence-corrected chi connectivity index (χ1v) is 7.15.